The highest BCUT2D eigenvalue weighted by atomic mass is 16.5. The second-order valence-corrected chi connectivity index (χ2v) is 5.09. The molecule has 0 aliphatic rings. The Morgan fingerprint density at radius 1 is 1.14 bits per heavy atom. The van der Waals surface area contributed by atoms with Crippen molar-refractivity contribution in [1.82, 2.24) is 10.3 Å². The van der Waals surface area contributed by atoms with Crippen LogP contribution in [0.3, 0.4) is 0 Å². The first kappa shape index (κ1) is 15.6. The van der Waals surface area contributed by atoms with Crippen molar-refractivity contribution in [1.29, 1.82) is 0 Å². The lowest BCUT2D eigenvalue weighted by Gasteiger charge is -2.11. The fourth-order valence-corrected chi connectivity index (χ4v) is 2.37. The summed E-state index contributed by atoms with van der Waals surface area (Å²) in [6, 6.07) is 8.05. The molecule has 0 fully saturated rings. The first-order valence-corrected chi connectivity index (χ1v) is 7.72. The predicted molar refractivity (Wildman–Crippen MR) is 89.2 cm³/mol. The number of hydrogen-bond donors (Lipinski definition) is 2. The van der Waals surface area contributed by atoms with E-state index in [1.165, 1.54) is 12.8 Å². The fraction of sp³-hybridized carbons (Fsp3) is 0.471. The van der Waals surface area contributed by atoms with Crippen molar-refractivity contribution in [2.24, 2.45) is 0 Å². The molecule has 0 aliphatic heterocycles. The van der Waals surface area contributed by atoms with E-state index < -0.39 is 0 Å². The van der Waals surface area contributed by atoms with Crippen molar-refractivity contribution >= 4 is 16.6 Å². The van der Waals surface area contributed by atoms with E-state index in [2.05, 4.69) is 28.6 Å². The summed E-state index contributed by atoms with van der Waals surface area (Å²) >= 11 is 0. The van der Waals surface area contributed by atoms with E-state index in [4.69, 9.17) is 4.74 Å². The SMILES string of the molecule is CCNCCCCCNc1cc(OC)cc2cccnc12. The molecule has 0 saturated heterocycles. The maximum absolute atomic E-state index is 5.36. The molecular weight excluding hydrogens is 262 g/mol. The van der Waals surface area contributed by atoms with Gasteiger partial charge in [-0.3, -0.25) is 4.98 Å². The van der Waals surface area contributed by atoms with Crippen LogP contribution in [0.2, 0.25) is 0 Å². The third-order valence-electron chi connectivity index (χ3n) is 3.51. The molecule has 0 bridgehead atoms. The van der Waals surface area contributed by atoms with Gasteiger partial charge in [0, 0.05) is 24.2 Å². The molecular formula is C17H25N3O. The second-order valence-electron chi connectivity index (χ2n) is 5.09. The van der Waals surface area contributed by atoms with Crippen LogP contribution in [0.1, 0.15) is 26.2 Å². The highest BCUT2D eigenvalue weighted by Gasteiger charge is 2.05. The van der Waals surface area contributed by atoms with Crippen molar-refractivity contribution in [3.63, 3.8) is 0 Å². The Bertz CT molecular complexity index is 557. The van der Waals surface area contributed by atoms with Crippen LogP contribution in [0.15, 0.2) is 30.5 Å². The van der Waals surface area contributed by atoms with Crippen molar-refractivity contribution in [3.8, 4) is 5.75 Å². The molecule has 1 aromatic heterocycles. The Morgan fingerprint density at radius 2 is 2.00 bits per heavy atom. The first-order chi connectivity index (χ1) is 10.3. The molecule has 2 aromatic rings. The average Bonchev–Trinajstić information content (AvgIpc) is 2.53. The van der Waals surface area contributed by atoms with Crippen LogP contribution in [-0.4, -0.2) is 31.7 Å². The van der Waals surface area contributed by atoms with Gasteiger partial charge in [0.1, 0.15) is 5.75 Å². The molecule has 4 heteroatoms. The Kier molecular flexibility index (Phi) is 6.28. The zero-order chi connectivity index (χ0) is 14.9. The van der Waals surface area contributed by atoms with Crippen molar-refractivity contribution in [2.45, 2.75) is 26.2 Å². The number of hydrogen-bond acceptors (Lipinski definition) is 4. The molecule has 0 atom stereocenters. The van der Waals surface area contributed by atoms with Gasteiger partial charge in [-0.15, -0.1) is 0 Å². The number of methoxy groups -OCH3 is 1. The standard InChI is InChI=1S/C17H25N3O/c1-3-18-9-5-4-6-10-19-16-13-15(21-2)12-14-8-7-11-20-17(14)16/h7-8,11-13,18-19H,3-6,9-10H2,1-2H3. The summed E-state index contributed by atoms with van der Waals surface area (Å²) < 4.78 is 5.36. The first-order valence-electron chi connectivity index (χ1n) is 7.72. The third-order valence-corrected chi connectivity index (χ3v) is 3.51. The van der Waals surface area contributed by atoms with E-state index >= 15 is 0 Å². The summed E-state index contributed by atoms with van der Waals surface area (Å²) in [5.41, 5.74) is 2.06. The van der Waals surface area contributed by atoms with Crippen molar-refractivity contribution in [2.75, 3.05) is 32.1 Å². The fourth-order valence-electron chi connectivity index (χ4n) is 2.37. The largest absolute Gasteiger partial charge is 0.497 e. The van der Waals surface area contributed by atoms with E-state index in [0.717, 1.165) is 48.4 Å². The number of ether oxygens (including phenoxy) is 1. The zero-order valence-electron chi connectivity index (χ0n) is 13.0. The molecule has 1 heterocycles. The van der Waals surface area contributed by atoms with Crippen LogP contribution in [0.5, 0.6) is 5.75 Å². The molecule has 0 amide bonds. The number of aromatic nitrogens is 1. The van der Waals surface area contributed by atoms with E-state index in [9.17, 15) is 0 Å². The Labute approximate surface area is 126 Å². The van der Waals surface area contributed by atoms with E-state index in [0.29, 0.717) is 0 Å². The van der Waals surface area contributed by atoms with Crippen LogP contribution >= 0.6 is 0 Å². The van der Waals surface area contributed by atoms with Gasteiger partial charge in [0.25, 0.3) is 0 Å². The molecule has 0 unspecified atom stereocenters. The molecule has 114 valence electrons. The minimum absolute atomic E-state index is 0.866. The van der Waals surface area contributed by atoms with Crippen LogP contribution in [0.4, 0.5) is 5.69 Å². The van der Waals surface area contributed by atoms with E-state index in [-0.39, 0.29) is 0 Å². The van der Waals surface area contributed by atoms with Crippen molar-refractivity contribution < 1.29 is 4.74 Å². The maximum Gasteiger partial charge on any atom is 0.121 e. The maximum atomic E-state index is 5.36. The Morgan fingerprint density at radius 3 is 2.81 bits per heavy atom. The smallest absolute Gasteiger partial charge is 0.121 e. The van der Waals surface area contributed by atoms with Gasteiger partial charge in [0.05, 0.1) is 18.3 Å². The van der Waals surface area contributed by atoms with Crippen LogP contribution in [-0.2, 0) is 0 Å². The lowest BCUT2D eigenvalue weighted by Crippen LogP contribution is -2.14. The molecule has 0 aliphatic carbocycles. The van der Waals surface area contributed by atoms with Crippen molar-refractivity contribution in [3.05, 3.63) is 30.5 Å². The normalized spacial score (nSPS) is 10.8. The number of nitrogens with zero attached hydrogens (tertiary/aromatic N) is 1. The van der Waals surface area contributed by atoms with Gasteiger partial charge in [-0.25, -0.2) is 0 Å². The number of pyridine rings is 1. The van der Waals surface area contributed by atoms with Gasteiger partial charge < -0.3 is 15.4 Å². The van der Waals surface area contributed by atoms with Gasteiger partial charge in [-0.1, -0.05) is 19.4 Å². The highest BCUT2D eigenvalue weighted by Crippen LogP contribution is 2.27. The molecule has 2 N–H and O–H groups in total. The molecule has 2 rings (SSSR count). The zero-order valence-corrected chi connectivity index (χ0v) is 13.0. The van der Waals surface area contributed by atoms with Gasteiger partial charge in [0.15, 0.2) is 0 Å². The minimum Gasteiger partial charge on any atom is -0.497 e. The molecule has 21 heavy (non-hydrogen) atoms. The van der Waals surface area contributed by atoms with E-state index in [1.54, 1.807) is 7.11 Å². The third kappa shape index (κ3) is 4.60. The molecule has 0 saturated carbocycles. The number of unbranched alkanes of at least 4 members (excludes halogenated alkanes) is 2. The molecule has 0 spiro atoms. The second kappa shape index (κ2) is 8.47. The average molecular weight is 287 g/mol. The van der Waals surface area contributed by atoms with Gasteiger partial charge >= 0.3 is 0 Å². The lowest BCUT2D eigenvalue weighted by atomic mass is 10.1. The molecule has 0 radical (unpaired) electrons. The summed E-state index contributed by atoms with van der Waals surface area (Å²) in [5, 5.41) is 7.94. The minimum atomic E-state index is 0.866. The number of fused-ring (bicyclic) bond motifs is 1. The van der Waals surface area contributed by atoms with Gasteiger partial charge in [-0.05, 0) is 38.1 Å². The van der Waals surface area contributed by atoms with E-state index in [1.807, 2.05) is 24.4 Å². The van der Waals surface area contributed by atoms with Crippen LogP contribution in [0.25, 0.3) is 10.9 Å². The monoisotopic (exact) mass is 287 g/mol. The number of rotatable bonds is 9. The lowest BCUT2D eigenvalue weighted by molar-refractivity contribution is 0.415. The number of anilines is 1. The highest BCUT2D eigenvalue weighted by molar-refractivity contribution is 5.91. The van der Waals surface area contributed by atoms with Gasteiger partial charge in [-0.2, -0.15) is 0 Å². The quantitative estimate of drug-likeness (QED) is 0.694. The number of nitrogens with one attached hydrogen (secondary N) is 2. The molecule has 4 nitrogen and oxygen atoms in total. The summed E-state index contributed by atoms with van der Waals surface area (Å²) in [7, 11) is 1.70. The summed E-state index contributed by atoms with van der Waals surface area (Å²) in [5.74, 6) is 0.866. The molecule has 1 aromatic carbocycles. The Balaban J connectivity index is 1.91. The topological polar surface area (TPSA) is 46.2 Å². The van der Waals surface area contributed by atoms with Crippen LogP contribution < -0.4 is 15.4 Å². The predicted octanol–water partition coefficient (Wildman–Crippen LogP) is 3.44. The summed E-state index contributed by atoms with van der Waals surface area (Å²) in [4.78, 5) is 4.47. The van der Waals surface area contributed by atoms with Gasteiger partial charge in [0.2, 0.25) is 0 Å². The number of benzene rings is 1. The summed E-state index contributed by atoms with van der Waals surface area (Å²) in [6.45, 7) is 5.27. The summed E-state index contributed by atoms with van der Waals surface area (Å²) in [6.07, 6.45) is 5.45. The van der Waals surface area contributed by atoms with Crippen LogP contribution in [0, 0.1) is 0 Å². The Hall–Kier alpha value is -1.81.